The summed E-state index contributed by atoms with van der Waals surface area (Å²) in [4.78, 5) is 11.9. The molecule has 2 aliphatic rings. The van der Waals surface area contributed by atoms with Crippen LogP contribution in [0.4, 0.5) is 0 Å². The molecule has 0 aliphatic heterocycles. The molecular weight excluding hydrogens is 214 g/mol. The topological polar surface area (TPSA) is 77.2 Å². The summed E-state index contributed by atoms with van der Waals surface area (Å²) in [5.74, 6) is 0.257. The van der Waals surface area contributed by atoms with Crippen LogP contribution in [0, 0.1) is 16.7 Å². The Labute approximate surface area is 90.3 Å². The molecule has 2 aliphatic carbocycles. The molecular formula is C10H17NO3S. The highest BCUT2D eigenvalue weighted by Gasteiger charge is 2.65. The van der Waals surface area contributed by atoms with E-state index in [1.165, 1.54) is 0 Å². The second-order valence-corrected chi connectivity index (χ2v) is 7.09. The lowest BCUT2D eigenvalue weighted by Gasteiger charge is -2.35. The third-order valence-electron chi connectivity index (χ3n) is 4.59. The van der Waals surface area contributed by atoms with E-state index in [4.69, 9.17) is 5.14 Å². The maximum absolute atomic E-state index is 11.9. The molecule has 0 heterocycles. The number of rotatable bonds is 2. The summed E-state index contributed by atoms with van der Waals surface area (Å²) in [6, 6.07) is 0. The van der Waals surface area contributed by atoms with Crippen molar-refractivity contribution in [1.29, 1.82) is 0 Å². The molecule has 2 N–H and O–H groups in total. The summed E-state index contributed by atoms with van der Waals surface area (Å²) < 4.78 is 22.5. The number of fused-ring (bicyclic) bond motifs is 2. The van der Waals surface area contributed by atoms with Gasteiger partial charge in [-0.15, -0.1) is 0 Å². The van der Waals surface area contributed by atoms with Gasteiger partial charge in [0.1, 0.15) is 5.78 Å². The van der Waals surface area contributed by atoms with Crippen LogP contribution in [0.5, 0.6) is 0 Å². The number of hydrogen-bond donors (Lipinski definition) is 1. The first-order valence-corrected chi connectivity index (χ1v) is 6.94. The second kappa shape index (κ2) is 2.83. The van der Waals surface area contributed by atoms with E-state index in [9.17, 15) is 13.2 Å². The van der Waals surface area contributed by atoms with Crippen LogP contribution in [0.1, 0.15) is 33.1 Å². The van der Waals surface area contributed by atoms with Gasteiger partial charge in [-0.2, -0.15) is 0 Å². The minimum atomic E-state index is -3.58. The van der Waals surface area contributed by atoms with Crippen molar-refractivity contribution < 1.29 is 13.2 Å². The van der Waals surface area contributed by atoms with E-state index in [2.05, 4.69) is 0 Å². The first-order chi connectivity index (χ1) is 6.69. The van der Waals surface area contributed by atoms with Gasteiger partial charge in [-0.1, -0.05) is 13.8 Å². The molecule has 2 saturated carbocycles. The standard InChI is InChI=1S/C10H17NO3S/c1-9(2)7-3-4-10(9,8(12)5-7)6-15(11,13)14/h7H,3-6H2,1-2H3,(H2,11,13,14)/t7-,10+/m1/s1. The Kier molecular flexibility index (Phi) is 2.09. The molecule has 2 bridgehead atoms. The van der Waals surface area contributed by atoms with Gasteiger partial charge in [0.25, 0.3) is 0 Å². The average Bonchev–Trinajstić information content (AvgIpc) is 2.34. The molecule has 15 heavy (non-hydrogen) atoms. The van der Waals surface area contributed by atoms with Crippen LogP contribution in [-0.4, -0.2) is 20.0 Å². The molecule has 2 rings (SSSR count). The maximum atomic E-state index is 11.9. The summed E-state index contributed by atoms with van der Waals surface area (Å²) in [6.07, 6.45) is 2.16. The van der Waals surface area contributed by atoms with Gasteiger partial charge < -0.3 is 0 Å². The molecule has 0 spiro atoms. The molecule has 0 aromatic rings. The van der Waals surface area contributed by atoms with Gasteiger partial charge in [0.2, 0.25) is 10.0 Å². The van der Waals surface area contributed by atoms with E-state index in [1.54, 1.807) is 0 Å². The predicted molar refractivity (Wildman–Crippen MR) is 56.5 cm³/mol. The van der Waals surface area contributed by atoms with E-state index < -0.39 is 15.4 Å². The molecule has 0 saturated heterocycles. The minimum absolute atomic E-state index is 0.0952. The second-order valence-electron chi connectivity index (χ2n) is 5.47. The van der Waals surface area contributed by atoms with Crippen LogP contribution in [0.3, 0.4) is 0 Å². The molecule has 0 aromatic carbocycles. The normalized spacial score (nSPS) is 38.6. The minimum Gasteiger partial charge on any atom is -0.299 e. The van der Waals surface area contributed by atoms with Crippen LogP contribution in [0.2, 0.25) is 0 Å². The third-order valence-corrected chi connectivity index (χ3v) is 5.48. The smallest absolute Gasteiger partial charge is 0.210 e. The van der Waals surface area contributed by atoms with Crippen molar-refractivity contribution in [3.05, 3.63) is 0 Å². The number of carbonyl (C=O) groups excluding carboxylic acids is 1. The van der Waals surface area contributed by atoms with Crippen molar-refractivity contribution in [2.45, 2.75) is 33.1 Å². The van der Waals surface area contributed by atoms with Crippen LogP contribution in [0.15, 0.2) is 0 Å². The van der Waals surface area contributed by atoms with Crippen molar-refractivity contribution in [2.75, 3.05) is 5.75 Å². The molecule has 5 heteroatoms. The Morgan fingerprint density at radius 3 is 2.40 bits per heavy atom. The van der Waals surface area contributed by atoms with E-state index in [0.717, 1.165) is 6.42 Å². The lowest BCUT2D eigenvalue weighted by atomic mass is 9.70. The number of sulfonamides is 1. The number of hydrogen-bond acceptors (Lipinski definition) is 3. The van der Waals surface area contributed by atoms with Crippen LogP contribution >= 0.6 is 0 Å². The maximum Gasteiger partial charge on any atom is 0.210 e. The summed E-state index contributed by atoms with van der Waals surface area (Å²) in [5.41, 5.74) is -0.915. The fraction of sp³-hybridized carbons (Fsp3) is 0.900. The SMILES string of the molecule is CC1(C)[C@@H]2CC[C@]1(CS(N)(=O)=O)C(=O)C2. The number of primary sulfonamides is 1. The zero-order valence-corrected chi connectivity index (χ0v) is 9.93. The number of nitrogens with two attached hydrogens (primary N) is 1. The molecule has 2 atom stereocenters. The predicted octanol–water partition coefficient (Wildman–Crippen LogP) is 0.670. The monoisotopic (exact) mass is 231 g/mol. The van der Waals surface area contributed by atoms with Gasteiger partial charge in [0.05, 0.1) is 5.75 Å². The lowest BCUT2D eigenvalue weighted by molar-refractivity contribution is -0.128. The van der Waals surface area contributed by atoms with Crippen molar-refractivity contribution in [1.82, 2.24) is 0 Å². The quantitative estimate of drug-likeness (QED) is 0.758. The van der Waals surface area contributed by atoms with Gasteiger partial charge in [0, 0.05) is 11.8 Å². The fourth-order valence-electron chi connectivity index (χ4n) is 3.45. The van der Waals surface area contributed by atoms with E-state index in [-0.39, 0.29) is 17.0 Å². The Balaban J connectivity index is 2.45. The van der Waals surface area contributed by atoms with E-state index >= 15 is 0 Å². The van der Waals surface area contributed by atoms with Crippen LogP contribution < -0.4 is 5.14 Å². The highest BCUT2D eigenvalue weighted by atomic mass is 32.2. The van der Waals surface area contributed by atoms with Crippen LogP contribution in [0.25, 0.3) is 0 Å². The Hall–Kier alpha value is -0.420. The van der Waals surface area contributed by atoms with Gasteiger partial charge in [-0.05, 0) is 24.2 Å². The average molecular weight is 231 g/mol. The van der Waals surface area contributed by atoms with E-state index in [1.807, 2.05) is 13.8 Å². The van der Waals surface area contributed by atoms with Gasteiger partial charge in [-0.3, -0.25) is 4.79 Å². The first-order valence-electron chi connectivity index (χ1n) is 5.23. The van der Waals surface area contributed by atoms with Crippen molar-refractivity contribution in [3.8, 4) is 0 Å². The van der Waals surface area contributed by atoms with Crippen molar-refractivity contribution in [3.63, 3.8) is 0 Å². The van der Waals surface area contributed by atoms with Gasteiger partial charge in [0.15, 0.2) is 0 Å². The lowest BCUT2D eigenvalue weighted by Crippen LogP contribution is -2.43. The number of carbonyl (C=O) groups is 1. The van der Waals surface area contributed by atoms with Crippen molar-refractivity contribution in [2.24, 2.45) is 21.9 Å². The molecule has 0 unspecified atom stereocenters. The highest BCUT2D eigenvalue weighted by Crippen LogP contribution is 2.64. The summed E-state index contributed by atoms with van der Waals surface area (Å²) in [5, 5.41) is 5.10. The molecule has 86 valence electrons. The van der Waals surface area contributed by atoms with E-state index in [0.29, 0.717) is 18.8 Å². The third kappa shape index (κ3) is 1.36. The number of Topliss-reactive ketones (excluding diaryl/α,β-unsaturated/α-hetero) is 1. The Bertz CT molecular complexity index is 412. The van der Waals surface area contributed by atoms with Crippen LogP contribution in [-0.2, 0) is 14.8 Å². The zero-order valence-electron chi connectivity index (χ0n) is 9.12. The van der Waals surface area contributed by atoms with Crippen molar-refractivity contribution >= 4 is 15.8 Å². The highest BCUT2D eigenvalue weighted by molar-refractivity contribution is 7.89. The summed E-state index contributed by atoms with van der Waals surface area (Å²) in [6.45, 7) is 4.00. The van der Waals surface area contributed by atoms with Gasteiger partial charge >= 0.3 is 0 Å². The number of ketones is 1. The summed E-state index contributed by atoms with van der Waals surface area (Å²) in [7, 11) is -3.58. The fourth-order valence-corrected chi connectivity index (χ4v) is 4.82. The molecule has 4 nitrogen and oxygen atoms in total. The molecule has 0 amide bonds. The Morgan fingerprint density at radius 1 is 1.47 bits per heavy atom. The molecule has 0 radical (unpaired) electrons. The largest absolute Gasteiger partial charge is 0.299 e. The zero-order chi connectivity index (χ0) is 11.5. The first kappa shape index (κ1) is 11.1. The molecule has 0 aromatic heterocycles. The Morgan fingerprint density at radius 2 is 2.07 bits per heavy atom. The van der Waals surface area contributed by atoms with Gasteiger partial charge in [-0.25, -0.2) is 13.6 Å². The summed E-state index contributed by atoms with van der Waals surface area (Å²) >= 11 is 0. The molecule has 2 fully saturated rings.